The molecule has 1 saturated heterocycles. The van der Waals surface area contributed by atoms with Crippen LogP contribution in [0, 0.1) is 6.92 Å². The van der Waals surface area contributed by atoms with Crippen LogP contribution < -0.4 is 0 Å². The van der Waals surface area contributed by atoms with Crippen molar-refractivity contribution in [2.75, 3.05) is 26.2 Å². The van der Waals surface area contributed by atoms with Crippen molar-refractivity contribution in [3.63, 3.8) is 0 Å². The van der Waals surface area contributed by atoms with Crippen LogP contribution in [0.4, 0.5) is 13.2 Å². The first-order valence-electron chi connectivity index (χ1n) is 9.48. The highest BCUT2D eigenvalue weighted by Crippen LogP contribution is 2.41. The van der Waals surface area contributed by atoms with E-state index in [-0.39, 0.29) is 31.1 Å². The third-order valence-corrected chi connectivity index (χ3v) is 7.23. The minimum absolute atomic E-state index is 0.0607. The van der Waals surface area contributed by atoms with Crippen molar-refractivity contribution in [2.24, 2.45) is 7.05 Å². The van der Waals surface area contributed by atoms with Crippen molar-refractivity contribution in [2.45, 2.75) is 30.0 Å². The topological polar surface area (TPSA) is 95.7 Å². The number of hydrogen-bond donors (Lipinski definition) is 1. The van der Waals surface area contributed by atoms with Crippen LogP contribution in [0.3, 0.4) is 0 Å². The van der Waals surface area contributed by atoms with Crippen molar-refractivity contribution in [3.8, 4) is 0 Å². The number of aliphatic hydroxyl groups is 1. The zero-order valence-electron chi connectivity index (χ0n) is 17.0. The Bertz CT molecular complexity index is 1040. The number of alkyl halides is 3. The number of halogens is 3. The Hall–Kier alpha value is -2.44. The van der Waals surface area contributed by atoms with E-state index in [0.717, 1.165) is 21.2 Å². The number of rotatable bonds is 5. The van der Waals surface area contributed by atoms with Crippen LogP contribution in [0.25, 0.3) is 0 Å². The number of amides is 1. The zero-order chi connectivity index (χ0) is 23.0. The number of nitrogens with zero attached hydrogens (tertiary/aromatic N) is 4. The SMILES string of the molecule is Cc1ccc(S(=O)(=O)N2CCN(C(=O)CC(O)(c3nccn3C)C(F)(F)F)CC2)cc1. The molecule has 12 heteroatoms. The lowest BCUT2D eigenvalue weighted by atomic mass is 9.96. The van der Waals surface area contributed by atoms with Gasteiger partial charge in [-0.25, -0.2) is 13.4 Å². The molecule has 31 heavy (non-hydrogen) atoms. The fourth-order valence-electron chi connectivity index (χ4n) is 3.44. The number of aromatic nitrogens is 2. The largest absolute Gasteiger partial charge is 0.425 e. The Morgan fingerprint density at radius 3 is 2.19 bits per heavy atom. The van der Waals surface area contributed by atoms with Gasteiger partial charge in [0, 0.05) is 45.6 Å². The summed E-state index contributed by atoms with van der Waals surface area (Å²) in [6, 6.07) is 6.31. The van der Waals surface area contributed by atoms with Crippen molar-refractivity contribution in [3.05, 3.63) is 48.0 Å². The Morgan fingerprint density at radius 1 is 1.13 bits per heavy atom. The lowest BCUT2D eigenvalue weighted by molar-refractivity contribution is -0.272. The van der Waals surface area contributed by atoms with Crippen LogP contribution in [0.2, 0.25) is 0 Å². The van der Waals surface area contributed by atoms with Crippen LogP contribution in [-0.2, 0) is 27.5 Å². The Labute approximate surface area is 178 Å². The molecule has 1 aliphatic heterocycles. The number of carbonyl (C=O) groups excluding carboxylic acids is 1. The van der Waals surface area contributed by atoms with E-state index in [1.807, 2.05) is 6.92 Å². The summed E-state index contributed by atoms with van der Waals surface area (Å²) in [5.41, 5.74) is -2.55. The number of hydrogen-bond acceptors (Lipinski definition) is 5. The molecule has 1 fully saturated rings. The molecule has 2 aromatic rings. The van der Waals surface area contributed by atoms with E-state index in [0.29, 0.717) is 0 Å². The number of aryl methyl sites for hydroxylation is 2. The molecule has 8 nitrogen and oxygen atoms in total. The highest BCUT2D eigenvalue weighted by atomic mass is 32.2. The Morgan fingerprint density at radius 2 is 1.71 bits per heavy atom. The zero-order valence-corrected chi connectivity index (χ0v) is 17.8. The van der Waals surface area contributed by atoms with Gasteiger partial charge in [0.1, 0.15) is 0 Å². The molecule has 1 aromatic carbocycles. The normalized spacial score (nSPS) is 18.1. The third-order valence-electron chi connectivity index (χ3n) is 5.32. The van der Waals surface area contributed by atoms with E-state index in [1.54, 1.807) is 12.1 Å². The van der Waals surface area contributed by atoms with Gasteiger partial charge in [-0.15, -0.1) is 0 Å². The Kier molecular flexibility index (Phi) is 6.18. The van der Waals surface area contributed by atoms with E-state index in [9.17, 15) is 31.5 Å². The monoisotopic (exact) mass is 460 g/mol. The molecular weight excluding hydrogens is 437 g/mol. The molecule has 0 bridgehead atoms. The molecule has 1 atom stereocenters. The first-order valence-corrected chi connectivity index (χ1v) is 10.9. The third kappa shape index (κ3) is 4.46. The van der Waals surface area contributed by atoms with Crippen LogP contribution >= 0.6 is 0 Å². The average Bonchev–Trinajstić information content (AvgIpc) is 3.14. The van der Waals surface area contributed by atoms with Gasteiger partial charge in [0.15, 0.2) is 5.82 Å². The highest BCUT2D eigenvalue weighted by Gasteiger charge is 2.59. The summed E-state index contributed by atoms with van der Waals surface area (Å²) in [5.74, 6) is -1.62. The van der Waals surface area contributed by atoms with Gasteiger partial charge >= 0.3 is 6.18 Å². The lowest BCUT2D eigenvalue weighted by Gasteiger charge is -2.36. The van der Waals surface area contributed by atoms with Gasteiger partial charge < -0.3 is 14.6 Å². The number of benzene rings is 1. The van der Waals surface area contributed by atoms with Crippen LogP contribution in [0.5, 0.6) is 0 Å². The van der Waals surface area contributed by atoms with Gasteiger partial charge in [-0.2, -0.15) is 17.5 Å². The molecule has 0 radical (unpaired) electrons. The fourth-order valence-corrected chi connectivity index (χ4v) is 4.86. The quantitative estimate of drug-likeness (QED) is 0.728. The maximum Gasteiger partial charge on any atom is 0.425 e. The predicted molar refractivity (Wildman–Crippen MR) is 104 cm³/mol. The molecule has 0 aliphatic carbocycles. The van der Waals surface area contributed by atoms with Crippen LogP contribution in [-0.4, -0.2) is 70.5 Å². The maximum atomic E-state index is 13.6. The standard InChI is InChI=1S/C19H23F3N4O4S/c1-14-3-5-15(6-4-14)31(29,30)26-11-9-25(10-12-26)16(27)13-18(28,19(20,21)22)17-23-7-8-24(17)2/h3-8,28H,9-13H2,1-2H3. The minimum Gasteiger partial charge on any atom is -0.374 e. The average molecular weight is 460 g/mol. The van der Waals surface area contributed by atoms with E-state index in [1.165, 1.54) is 29.7 Å². The van der Waals surface area contributed by atoms with Crippen molar-refractivity contribution in [1.82, 2.24) is 18.8 Å². The fraction of sp³-hybridized carbons (Fsp3) is 0.474. The van der Waals surface area contributed by atoms with Crippen molar-refractivity contribution in [1.29, 1.82) is 0 Å². The number of imidazole rings is 1. The minimum atomic E-state index is -5.13. The molecule has 0 saturated carbocycles. The number of sulfonamides is 1. The van der Waals surface area contributed by atoms with Gasteiger partial charge in [0.05, 0.1) is 11.3 Å². The molecule has 1 amide bonds. The molecular formula is C19H23F3N4O4S. The van der Waals surface area contributed by atoms with Crippen LogP contribution in [0.1, 0.15) is 17.8 Å². The summed E-state index contributed by atoms with van der Waals surface area (Å²) in [7, 11) is -2.48. The summed E-state index contributed by atoms with van der Waals surface area (Å²) in [6.07, 6.45) is -4.03. The maximum absolute atomic E-state index is 13.6. The second-order valence-corrected chi connectivity index (χ2v) is 9.43. The molecule has 170 valence electrons. The summed E-state index contributed by atoms with van der Waals surface area (Å²) >= 11 is 0. The molecule has 2 heterocycles. The first-order chi connectivity index (χ1) is 14.4. The number of carbonyl (C=O) groups is 1. The summed E-state index contributed by atoms with van der Waals surface area (Å²) in [6.45, 7) is 1.54. The van der Waals surface area contributed by atoms with Crippen molar-refractivity contribution < 1.29 is 31.5 Å². The lowest BCUT2D eigenvalue weighted by Crippen LogP contribution is -2.53. The van der Waals surface area contributed by atoms with Crippen molar-refractivity contribution >= 4 is 15.9 Å². The van der Waals surface area contributed by atoms with Gasteiger partial charge in [-0.3, -0.25) is 4.79 Å². The van der Waals surface area contributed by atoms with Crippen LogP contribution in [0.15, 0.2) is 41.6 Å². The van der Waals surface area contributed by atoms with Gasteiger partial charge in [-0.1, -0.05) is 17.7 Å². The van der Waals surface area contributed by atoms with Gasteiger partial charge in [-0.05, 0) is 19.1 Å². The first kappa shape index (κ1) is 23.2. The Balaban J connectivity index is 1.71. The second-order valence-electron chi connectivity index (χ2n) is 7.49. The molecule has 3 rings (SSSR count). The van der Waals surface area contributed by atoms with E-state index < -0.39 is 40.0 Å². The number of piperazine rings is 1. The summed E-state index contributed by atoms with van der Waals surface area (Å²) in [5, 5.41) is 10.4. The molecule has 0 spiro atoms. The molecule has 1 unspecified atom stereocenters. The van der Waals surface area contributed by atoms with Gasteiger partial charge in [0.2, 0.25) is 21.5 Å². The smallest absolute Gasteiger partial charge is 0.374 e. The van der Waals surface area contributed by atoms with E-state index >= 15 is 0 Å². The molecule has 1 aliphatic rings. The molecule has 1 N–H and O–H groups in total. The summed E-state index contributed by atoms with van der Waals surface area (Å²) in [4.78, 5) is 17.4. The summed E-state index contributed by atoms with van der Waals surface area (Å²) < 4.78 is 68.6. The molecule has 1 aromatic heterocycles. The van der Waals surface area contributed by atoms with Gasteiger partial charge in [0.25, 0.3) is 0 Å². The highest BCUT2D eigenvalue weighted by molar-refractivity contribution is 7.89. The van der Waals surface area contributed by atoms with E-state index in [4.69, 9.17) is 0 Å². The van der Waals surface area contributed by atoms with E-state index in [2.05, 4.69) is 4.98 Å². The second kappa shape index (κ2) is 8.24. The predicted octanol–water partition coefficient (Wildman–Crippen LogP) is 1.40.